The van der Waals surface area contributed by atoms with Crippen LogP contribution in [0, 0.1) is 0 Å². The molecular weight excluding hydrogens is 224 g/mol. The van der Waals surface area contributed by atoms with Crippen LogP contribution in [0.25, 0.3) is 0 Å². The summed E-state index contributed by atoms with van der Waals surface area (Å²) < 4.78 is 25.2. The van der Waals surface area contributed by atoms with Gasteiger partial charge in [-0.1, -0.05) is 13.8 Å². The van der Waals surface area contributed by atoms with E-state index in [1.54, 1.807) is 7.05 Å². The number of sulfonamides is 1. The molecule has 0 amide bonds. The van der Waals surface area contributed by atoms with Crippen molar-refractivity contribution in [2.24, 2.45) is 0 Å². The van der Waals surface area contributed by atoms with Crippen LogP contribution in [0.1, 0.15) is 40.0 Å². The SMILES string of the molecule is CCCNCCCS(=O)(=O)N(C)C(C)CC. The Kier molecular flexibility index (Phi) is 7.97. The molecule has 1 unspecified atom stereocenters. The first-order valence-electron chi connectivity index (χ1n) is 6.12. The zero-order chi connectivity index (χ0) is 12.6. The van der Waals surface area contributed by atoms with Crippen molar-refractivity contribution in [3.05, 3.63) is 0 Å². The second kappa shape index (κ2) is 8.03. The predicted molar refractivity (Wildman–Crippen MR) is 69.1 cm³/mol. The van der Waals surface area contributed by atoms with E-state index in [-0.39, 0.29) is 11.8 Å². The fourth-order valence-corrected chi connectivity index (χ4v) is 2.85. The monoisotopic (exact) mass is 250 g/mol. The van der Waals surface area contributed by atoms with Crippen LogP contribution in [0.4, 0.5) is 0 Å². The first kappa shape index (κ1) is 15.9. The third kappa shape index (κ3) is 5.82. The molecule has 1 atom stereocenters. The molecule has 4 nitrogen and oxygen atoms in total. The van der Waals surface area contributed by atoms with Gasteiger partial charge in [0.25, 0.3) is 0 Å². The van der Waals surface area contributed by atoms with Gasteiger partial charge in [0.2, 0.25) is 10.0 Å². The molecule has 0 spiro atoms. The average molecular weight is 250 g/mol. The van der Waals surface area contributed by atoms with Crippen LogP contribution in [0.3, 0.4) is 0 Å². The van der Waals surface area contributed by atoms with Crippen LogP contribution in [0.2, 0.25) is 0 Å². The lowest BCUT2D eigenvalue weighted by atomic mass is 10.3. The summed E-state index contributed by atoms with van der Waals surface area (Å²) in [6.07, 6.45) is 2.62. The van der Waals surface area contributed by atoms with Gasteiger partial charge in [0.05, 0.1) is 5.75 Å². The topological polar surface area (TPSA) is 49.4 Å². The van der Waals surface area contributed by atoms with Crippen LogP contribution in [0.5, 0.6) is 0 Å². The van der Waals surface area contributed by atoms with Crippen molar-refractivity contribution in [2.75, 3.05) is 25.9 Å². The van der Waals surface area contributed by atoms with Gasteiger partial charge in [0.15, 0.2) is 0 Å². The van der Waals surface area contributed by atoms with Crippen molar-refractivity contribution in [1.29, 1.82) is 0 Å². The molecular formula is C11H26N2O2S. The Hall–Kier alpha value is -0.130. The Labute approximate surface area is 100 Å². The molecule has 0 radical (unpaired) electrons. The normalized spacial score (nSPS) is 14.3. The molecule has 0 aromatic heterocycles. The van der Waals surface area contributed by atoms with E-state index in [4.69, 9.17) is 0 Å². The smallest absolute Gasteiger partial charge is 0.214 e. The van der Waals surface area contributed by atoms with E-state index < -0.39 is 10.0 Å². The zero-order valence-electron chi connectivity index (χ0n) is 11.0. The molecule has 16 heavy (non-hydrogen) atoms. The van der Waals surface area contributed by atoms with Crippen molar-refractivity contribution in [3.8, 4) is 0 Å². The molecule has 5 heteroatoms. The van der Waals surface area contributed by atoms with Gasteiger partial charge in [-0.25, -0.2) is 12.7 Å². The minimum atomic E-state index is -3.07. The van der Waals surface area contributed by atoms with Gasteiger partial charge in [0.1, 0.15) is 0 Å². The van der Waals surface area contributed by atoms with Crippen LogP contribution in [0.15, 0.2) is 0 Å². The highest BCUT2D eigenvalue weighted by atomic mass is 32.2. The van der Waals surface area contributed by atoms with Crippen LogP contribution in [-0.2, 0) is 10.0 Å². The van der Waals surface area contributed by atoms with Crippen molar-refractivity contribution < 1.29 is 8.42 Å². The van der Waals surface area contributed by atoms with E-state index >= 15 is 0 Å². The van der Waals surface area contributed by atoms with Gasteiger partial charge in [-0.05, 0) is 39.3 Å². The molecule has 0 aliphatic rings. The predicted octanol–water partition coefficient (Wildman–Crippen LogP) is 1.44. The summed E-state index contributed by atoms with van der Waals surface area (Å²) in [5, 5.41) is 3.21. The molecule has 98 valence electrons. The highest BCUT2D eigenvalue weighted by Crippen LogP contribution is 2.08. The Morgan fingerprint density at radius 3 is 2.38 bits per heavy atom. The minimum Gasteiger partial charge on any atom is -0.317 e. The maximum absolute atomic E-state index is 11.9. The first-order valence-corrected chi connectivity index (χ1v) is 7.73. The van der Waals surface area contributed by atoms with Gasteiger partial charge in [-0.3, -0.25) is 0 Å². The third-order valence-electron chi connectivity index (χ3n) is 2.83. The van der Waals surface area contributed by atoms with Crippen molar-refractivity contribution in [3.63, 3.8) is 0 Å². The number of nitrogens with one attached hydrogen (secondary N) is 1. The largest absolute Gasteiger partial charge is 0.317 e. The lowest BCUT2D eigenvalue weighted by Crippen LogP contribution is -2.36. The standard InChI is InChI=1S/C11H26N2O2S/c1-5-8-12-9-7-10-16(14,15)13(4)11(3)6-2/h11-12H,5-10H2,1-4H3. The van der Waals surface area contributed by atoms with E-state index in [0.29, 0.717) is 6.42 Å². The fourth-order valence-electron chi connectivity index (χ4n) is 1.36. The maximum atomic E-state index is 11.9. The molecule has 0 aliphatic carbocycles. The lowest BCUT2D eigenvalue weighted by molar-refractivity contribution is 0.380. The van der Waals surface area contributed by atoms with E-state index in [1.165, 1.54) is 4.31 Å². The molecule has 1 N–H and O–H groups in total. The summed E-state index contributed by atoms with van der Waals surface area (Å²) >= 11 is 0. The van der Waals surface area contributed by atoms with E-state index in [2.05, 4.69) is 12.2 Å². The number of hydrogen-bond donors (Lipinski definition) is 1. The van der Waals surface area contributed by atoms with E-state index in [0.717, 1.165) is 25.9 Å². The Morgan fingerprint density at radius 2 is 1.88 bits per heavy atom. The molecule has 0 aromatic carbocycles. The molecule has 0 saturated carbocycles. The summed E-state index contributed by atoms with van der Waals surface area (Å²) in [4.78, 5) is 0. The van der Waals surface area contributed by atoms with Gasteiger partial charge >= 0.3 is 0 Å². The Balaban J connectivity index is 3.96. The first-order chi connectivity index (χ1) is 7.45. The van der Waals surface area contributed by atoms with E-state index in [9.17, 15) is 8.42 Å². The van der Waals surface area contributed by atoms with Gasteiger partial charge in [0, 0.05) is 13.1 Å². The van der Waals surface area contributed by atoms with Gasteiger partial charge < -0.3 is 5.32 Å². The number of rotatable bonds is 9. The van der Waals surface area contributed by atoms with Crippen LogP contribution < -0.4 is 5.32 Å². The summed E-state index contributed by atoms with van der Waals surface area (Å²) in [6, 6.07) is 0.0913. The average Bonchev–Trinajstić information content (AvgIpc) is 2.26. The summed E-state index contributed by atoms with van der Waals surface area (Å²) in [5.74, 6) is 0.241. The zero-order valence-corrected chi connectivity index (χ0v) is 11.8. The highest BCUT2D eigenvalue weighted by Gasteiger charge is 2.21. The van der Waals surface area contributed by atoms with Gasteiger partial charge in [-0.2, -0.15) is 0 Å². The van der Waals surface area contributed by atoms with Crippen molar-refractivity contribution in [1.82, 2.24) is 9.62 Å². The molecule has 0 aromatic rings. The number of hydrogen-bond acceptors (Lipinski definition) is 3. The molecule has 0 bridgehead atoms. The van der Waals surface area contributed by atoms with Crippen LogP contribution in [-0.4, -0.2) is 44.7 Å². The molecule has 0 fully saturated rings. The maximum Gasteiger partial charge on any atom is 0.214 e. The van der Waals surface area contributed by atoms with E-state index in [1.807, 2.05) is 13.8 Å². The molecule has 0 rings (SSSR count). The fraction of sp³-hybridized carbons (Fsp3) is 1.00. The Bertz CT molecular complexity index is 265. The second-order valence-corrected chi connectivity index (χ2v) is 6.34. The Morgan fingerprint density at radius 1 is 1.25 bits per heavy atom. The highest BCUT2D eigenvalue weighted by molar-refractivity contribution is 7.89. The lowest BCUT2D eigenvalue weighted by Gasteiger charge is -2.23. The van der Waals surface area contributed by atoms with Crippen molar-refractivity contribution in [2.45, 2.75) is 46.1 Å². The quantitative estimate of drug-likeness (QED) is 0.630. The minimum absolute atomic E-state index is 0.0913. The van der Waals surface area contributed by atoms with Gasteiger partial charge in [-0.15, -0.1) is 0 Å². The van der Waals surface area contributed by atoms with Crippen LogP contribution >= 0.6 is 0 Å². The summed E-state index contributed by atoms with van der Waals surface area (Å²) in [7, 11) is -1.40. The molecule has 0 aliphatic heterocycles. The second-order valence-electron chi connectivity index (χ2n) is 4.19. The van der Waals surface area contributed by atoms with Crippen molar-refractivity contribution >= 4 is 10.0 Å². The molecule has 0 heterocycles. The molecule has 0 saturated heterocycles. The summed E-state index contributed by atoms with van der Waals surface area (Å²) in [6.45, 7) is 7.77. The summed E-state index contributed by atoms with van der Waals surface area (Å²) in [5.41, 5.74) is 0. The number of nitrogens with zero attached hydrogens (tertiary/aromatic N) is 1. The third-order valence-corrected chi connectivity index (χ3v) is 4.87.